The first-order valence-corrected chi connectivity index (χ1v) is 9.90. The Kier molecular flexibility index (Phi) is 11.7. The minimum Gasteiger partial charge on any atom is -0.489 e. The Bertz CT molecular complexity index is 654. The van der Waals surface area contributed by atoms with Gasteiger partial charge in [-0.25, -0.2) is 14.2 Å². The Labute approximate surface area is 189 Å². The number of rotatable bonds is 7. The summed E-state index contributed by atoms with van der Waals surface area (Å²) in [5.74, 6) is 0.885. The largest absolute Gasteiger partial charge is 0.489 e. The molecule has 9 heteroatoms. The zero-order valence-corrected chi connectivity index (χ0v) is 19.6. The number of guanidine groups is 1. The van der Waals surface area contributed by atoms with Crippen molar-refractivity contribution in [1.82, 2.24) is 15.5 Å². The molecular formula is C20H32FIN4O3. The monoisotopic (exact) mass is 522 g/mol. The third-order valence-electron chi connectivity index (χ3n) is 4.35. The summed E-state index contributed by atoms with van der Waals surface area (Å²) in [5, 5.41) is 6.65. The molecule has 1 aromatic rings. The molecule has 1 aliphatic heterocycles. The van der Waals surface area contributed by atoms with Gasteiger partial charge in [-0.2, -0.15) is 0 Å². The topological polar surface area (TPSA) is 75.2 Å². The molecule has 1 saturated heterocycles. The van der Waals surface area contributed by atoms with Gasteiger partial charge in [0, 0.05) is 31.7 Å². The molecule has 2 rings (SSSR count). The van der Waals surface area contributed by atoms with Crippen LogP contribution in [-0.2, 0) is 4.74 Å². The summed E-state index contributed by atoms with van der Waals surface area (Å²) in [6.45, 7) is 8.61. The van der Waals surface area contributed by atoms with Crippen LogP contribution in [0.2, 0.25) is 0 Å². The lowest BCUT2D eigenvalue weighted by molar-refractivity contribution is 0.0963. The van der Waals surface area contributed by atoms with Crippen LogP contribution < -0.4 is 15.4 Å². The lowest BCUT2D eigenvalue weighted by Crippen LogP contribution is -2.50. The number of hydrogen-bond acceptors (Lipinski definition) is 4. The molecule has 0 aliphatic carbocycles. The van der Waals surface area contributed by atoms with Gasteiger partial charge in [0.1, 0.15) is 17.7 Å². The number of carbonyl (C=O) groups excluding carboxylic acids is 1. The van der Waals surface area contributed by atoms with Crippen molar-refractivity contribution >= 4 is 36.0 Å². The SMILES string of the molecule is CCNC(=NCC(C)Oc1cccc(F)c1)NC1CCN(C(=O)OCC)CC1.I. The molecule has 29 heavy (non-hydrogen) atoms. The maximum Gasteiger partial charge on any atom is 0.409 e. The molecule has 7 nitrogen and oxygen atoms in total. The van der Waals surface area contributed by atoms with Crippen LogP contribution in [0, 0.1) is 5.82 Å². The second kappa shape index (κ2) is 13.4. The maximum absolute atomic E-state index is 13.3. The third-order valence-corrected chi connectivity index (χ3v) is 4.35. The minimum absolute atomic E-state index is 0. The number of likely N-dealkylation sites (tertiary alicyclic amines) is 1. The fraction of sp³-hybridized carbons (Fsp3) is 0.600. The number of piperidine rings is 1. The predicted molar refractivity (Wildman–Crippen MR) is 123 cm³/mol. The van der Waals surface area contributed by atoms with Gasteiger partial charge in [0.05, 0.1) is 13.2 Å². The lowest BCUT2D eigenvalue weighted by atomic mass is 10.1. The summed E-state index contributed by atoms with van der Waals surface area (Å²) in [7, 11) is 0. The zero-order valence-electron chi connectivity index (χ0n) is 17.3. The number of hydrogen-bond donors (Lipinski definition) is 2. The van der Waals surface area contributed by atoms with Crippen LogP contribution >= 0.6 is 24.0 Å². The van der Waals surface area contributed by atoms with E-state index in [1.165, 1.54) is 12.1 Å². The summed E-state index contributed by atoms with van der Waals surface area (Å²) >= 11 is 0. The number of nitrogens with one attached hydrogen (secondary N) is 2. The molecule has 0 radical (unpaired) electrons. The highest BCUT2D eigenvalue weighted by Gasteiger charge is 2.24. The van der Waals surface area contributed by atoms with Crippen LogP contribution in [0.5, 0.6) is 5.75 Å². The normalized spacial score (nSPS) is 15.9. The van der Waals surface area contributed by atoms with E-state index < -0.39 is 0 Å². The van der Waals surface area contributed by atoms with E-state index in [1.54, 1.807) is 17.0 Å². The van der Waals surface area contributed by atoms with Gasteiger partial charge in [0.2, 0.25) is 0 Å². The van der Waals surface area contributed by atoms with Crippen molar-refractivity contribution in [2.45, 2.75) is 45.8 Å². The number of amides is 1. The predicted octanol–water partition coefficient (Wildman–Crippen LogP) is 3.39. The van der Waals surface area contributed by atoms with E-state index in [4.69, 9.17) is 9.47 Å². The fourth-order valence-corrected chi connectivity index (χ4v) is 2.96. The first-order chi connectivity index (χ1) is 13.5. The van der Waals surface area contributed by atoms with Crippen molar-refractivity contribution in [3.8, 4) is 5.75 Å². The second-order valence-electron chi connectivity index (χ2n) is 6.71. The number of benzene rings is 1. The van der Waals surface area contributed by atoms with Crippen molar-refractivity contribution in [1.29, 1.82) is 0 Å². The van der Waals surface area contributed by atoms with Crippen LogP contribution in [0.25, 0.3) is 0 Å². The molecule has 0 saturated carbocycles. The maximum atomic E-state index is 13.3. The van der Waals surface area contributed by atoms with E-state index in [2.05, 4.69) is 15.6 Å². The van der Waals surface area contributed by atoms with E-state index in [-0.39, 0.29) is 48.0 Å². The van der Waals surface area contributed by atoms with Crippen molar-refractivity contribution in [3.63, 3.8) is 0 Å². The average molecular weight is 522 g/mol. The average Bonchev–Trinajstić information content (AvgIpc) is 2.67. The number of aliphatic imine (C=N–C) groups is 1. The highest BCUT2D eigenvalue weighted by Crippen LogP contribution is 2.14. The molecule has 0 spiro atoms. The van der Waals surface area contributed by atoms with E-state index in [9.17, 15) is 9.18 Å². The Hall–Kier alpha value is -1.78. The fourth-order valence-electron chi connectivity index (χ4n) is 2.96. The molecule has 1 aromatic carbocycles. The van der Waals surface area contributed by atoms with Crippen LogP contribution in [0.4, 0.5) is 9.18 Å². The number of carbonyl (C=O) groups is 1. The quantitative estimate of drug-likeness (QED) is 0.327. The van der Waals surface area contributed by atoms with Crippen molar-refractivity contribution in [2.75, 3.05) is 32.8 Å². The Morgan fingerprint density at radius 1 is 1.34 bits per heavy atom. The van der Waals surface area contributed by atoms with E-state index >= 15 is 0 Å². The number of halogens is 2. The van der Waals surface area contributed by atoms with Gasteiger partial charge in [-0.05, 0) is 45.7 Å². The minimum atomic E-state index is -0.322. The zero-order chi connectivity index (χ0) is 20.4. The van der Waals surface area contributed by atoms with Gasteiger partial charge in [-0.1, -0.05) is 6.07 Å². The summed E-state index contributed by atoms with van der Waals surface area (Å²) in [6.07, 6.45) is 1.23. The first kappa shape index (κ1) is 25.3. The molecule has 0 aromatic heterocycles. The molecule has 1 aliphatic rings. The molecule has 1 unspecified atom stereocenters. The van der Waals surface area contributed by atoms with Crippen molar-refractivity contribution in [2.24, 2.45) is 4.99 Å². The molecule has 164 valence electrons. The smallest absolute Gasteiger partial charge is 0.409 e. The van der Waals surface area contributed by atoms with Gasteiger partial charge < -0.3 is 25.0 Å². The van der Waals surface area contributed by atoms with Gasteiger partial charge in [0.15, 0.2) is 5.96 Å². The molecule has 1 heterocycles. The molecule has 1 fully saturated rings. The third kappa shape index (κ3) is 9.05. The molecule has 1 amide bonds. The van der Waals surface area contributed by atoms with Gasteiger partial charge in [-0.15, -0.1) is 24.0 Å². The number of ether oxygens (including phenoxy) is 2. The van der Waals surface area contributed by atoms with Gasteiger partial charge >= 0.3 is 6.09 Å². The standard InChI is InChI=1S/C20H31FN4O3.HI/c1-4-22-19(23-14-15(3)28-18-8-6-7-16(21)13-18)24-17-9-11-25(12-10-17)20(26)27-5-2;/h6-8,13,15,17H,4-5,9-12,14H2,1-3H3,(H2,22,23,24);1H. The van der Waals surface area contributed by atoms with Crippen LogP contribution in [0.3, 0.4) is 0 Å². The van der Waals surface area contributed by atoms with Crippen LogP contribution in [-0.4, -0.2) is 61.9 Å². The Morgan fingerprint density at radius 3 is 2.69 bits per heavy atom. The lowest BCUT2D eigenvalue weighted by Gasteiger charge is -2.32. The molecule has 1 atom stereocenters. The van der Waals surface area contributed by atoms with Crippen molar-refractivity contribution in [3.05, 3.63) is 30.1 Å². The summed E-state index contributed by atoms with van der Waals surface area (Å²) in [4.78, 5) is 18.1. The highest BCUT2D eigenvalue weighted by molar-refractivity contribution is 14.0. The summed E-state index contributed by atoms with van der Waals surface area (Å²) < 4.78 is 24.0. The van der Waals surface area contributed by atoms with E-state index in [1.807, 2.05) is 20.8 Å². The molecular weight excluding hydrogens is 490 g/mol. The van der Waals surface area contributed by atoms with Crippen molar-refractivity contribution < 1.29 is 18.7 Å². The van der Waals surface area contributed by atoms with Gasteiger partial charge in [-0.3, -0.25) is 0 Å². The summed E-state index contributed by atoms with van der Waals surface area (Å²) in [6, 6.07) is 6.33. The van der Waals surface area contributed by atoms with Gasteiger partial charge in [0.25, 0.3) is 0 Å². The molecule has 0 bridgehead atoms. The number of nitrogens with zero attached hydrogens (tertiary/aromatic N) is 2. The summed E-state index contributed by atoms with van der Waals surface area (Å²) in [5.41, 5.74) is 0. The second-order valence-corrected chi connectivity index (χ2v) is 6.71. The van der Waals surface area contributed by atoms with Crippen LogP contribution in [0.1, 0.15) is 33.6 Å². The van der Waals surface area contributed by atoms with Crippen LogP contribution in [0.15, 0.2) is 29.3 Å². The highest BCUT2D eigenvalue weighted by atomic mass is 127. The molecule has 2 N–H and O–H groups in total. The van der Waals surface area contributed by atoms with E-state index in [0.717, 1.165) is 19.4 Å². The first-order valence-electron chi connectivity index (χ1n) is 9.90. The Balaban J connectivity index is 0.00000420. The Morgan fingerprint density at radius 2 is 2.07 bits per heavy atom. The van der Waals surface area contributed by atoms with E-state index in [0.29, 0.717) is 38.0 Å².